The van der Waals surface area contributed by atoms with Gasteiger partial charge in [0.15, 0.2) is 16.6 Å². The summed E-state index contributed by atoms with van der Waals surface area (Å²) in [7, 11) is 3.22. The Kier molecular flexibility index (Phi) is 5.64. The van der Waals surface area contributed by atoms with E-state index in [2.05, 4.69) is 17.6 Å². The first kappa shape index (κ1) is 15.9. The van der Waals surface area contributed by atoms with Crippen LogP contribution in [0.3, 0.4) is 0 Å². The number of rotatable bonds is 5. The number of hydrogen-bond acceptors (Lipinski definition) is 4. The summed E-state index contributed by atoms with van der Waals surface area (Å²) >= 11 is 5.34. The van der Waals surface area contributed by atoms with Gasteiger partial charge >= 0.3 is 0 Å². The number of hydrogen-bond donors (Lipinski definition) is 2. The zero-order chi connectivity index (χ0) is 15.2. The van der Waals surface area contributed by atoms with Crippen molar-refractivity contribution in [2.24, 2.45) is 0 Å². The Morgan fingerprint density at radius 3 is 2.71 bits per heavy atom. The van der Waals surface area contributed by atoms with Gasteiger partial charge in [0.05, 0.1) is 26.4 Å². The predicted molar refractivity (Wildman–Crippen MR) is 87.3 cm³/mol. The van der Waals surface area contributed by atoms with Gasteiger partial charge in [-0.25, -0.2) is 0 Å². The molecular weight excluding hydrogens is 288 g/mol. The fourth-order valence-electron chi connectivity index (χ4n) is 2.38. The molecule has 0 radical (unpaired) electrons. The molecule has 1 aliphatic rings. The largest absolute Gasteiger partial charge is 0.493 e. The van der Waals surface area contributed by atoms with Crippen LogP contribution in [-0.4, -0.2) is 38.1 Å². The van der Waals surface area contributed by atoms with Crippen molar-refractivity contribution in [3.05, 3.63) is 18.2 Å². The second kappa shape index (κ2) is 7.47. The molecule has 1 saturated heterocycles. The van der Waals surface area contributed by atoms with Gasteiger partial charge in [-0.3, -0.25) is 0 Å². The third-order valence-corrected chi connectivity index (χ3v) is 3.74. The summed E-state index contributed by atoms with van der Waals surface area (Å²) in [6.07, 6.45) is 2.43. The molecule has 2 atom stereocenters. The summed E-state index contributed by atoms with van der Waals surface area (Å²) < 4.78 is 16.1. The first-order valence-electron chi connectivity index (χ1n) is 7.05. The van der Waals surface area contributed by atoms with Crippen molar-refractivity contribution in [3.63, 3.8) is 0 Å². The van der Waals surface area contributed by atoms with Crippen LogP contribution in [0.1, 0.15) is 19.8 Å². The van der Waals surface area contributed by atoms with E-state index < -0.39 is 0 Å². The summed E-state index contributed by atoms with van der Waals surface area (Å²) in [5.41, 5.74) is 0.852. The van der Waals surface area contributed by atoms with E-state index in [-0.39, 0.29) is 12.1 Å². The first-order chi connectivity index (χ1) is 10.1. The minimum Gasteiger partial charge on any atom is -0.493 e. The zero-order valence-corrected chi connectivity index (χ0v) is 13.5. The van der Waals surface area contributed by atoms with Gasteiger partial charge in [0, 0.05) is 18.4 Å². The molecule has 1 heterocycles. The molecule has 116 valence electrons. The summed E-state index contributed by atoms with van der Waals surface area (Å²) in [6, 6.07) is 5.77. The van der Waals surface area contributed by atoms with Crippen LogP contribution in [0.2, 0.25) is 0 Å². The molecule has 0 bridgehead atoms. The van der Waals surface area contributed by atoms with Crippen LogP contribution in [0, 0.1) is 0 Å². The molecule has 0 saturated carbocycles. The Hall–Kier alpha value is -1.53. The van der Waals surface area contributed by atoms with Gasteiger partial charge in [0.1, 0.15) is 0 Å². The Morgan fingerprint density at radius 2 is 2.10 bits per heavy atom. The number of anilines is 1. The maximum absolute atomic E-state index is 5.65. The van der Waals surface area contributed by atoms with Gasteiger partial charge in [0.25, 0.3) is 0 Å². The fraction of sp³-hybridized carbons (Fsp3) is 0.533. The minimum absolute atomic E-state index is 0.188. The Balaban J connectivity index is 1.92. The molecule has 21 heavy (non-hydrogen) atoms. The quantitative estimate of drug-likeness (QED) is 0.815. The first-order valence-corrected chi connectivity index (χ1v) is 7.46. The SMILES string of the molecule is COc1ccc(NC(=S)NC(C)C2CCCO2)cc1OC. The molecule has 1 aromatic rings. The molecule has 0 aliphatic carbocycles. The lowest BCUT2D eigenvalue weighted by molar-refractivity contribution is 0.0895. The average Bonchev–Trinajstić information content (AvgIpc) is 3.01. The molecule has 2 rings (SSSR count). The number of methoxy groups -OCH3 is 2. The van der Waals surface area contributed by atoms with Crippen molar-refractivity contribution in [2.75, 3.05) is 26.1 Å². The lowest BCUT2D eigenvalue weighted by atomic mass is 10.1. The monoisotopic (exact) mass is 310 g/mol. The fourth-order valence-corrected chi connectivity index (χ4v) is 2.68. The Morgan fingerprint density at radius 1 is 1.33 bits per heavy atom. The molecule has 1 fully saturated rings. The summed E-state index contributed by atoms with van der Waals surface area (Å²) in [5.74, 6) is 1.35. The van der Waals surface area contributed by atoms with Crippen LogP contribution in [0.4, 0.5) is 5.69 Å². The molecule has 5 nitrogen and oxygen atoms in total. The summed E-state index contributed by atoms with van der Waals surface area (Å²) in [4.78, 5) is 0. The minimum atomic E-state index is 0.188. The van der Waals surface area contributed by atoms with Crippen LogP contribution in [-0.2, 0) is 4.74 Å². The van der Waals surface area contributed by atoms with E-state index in [9.17, 15) is 0 Å². The number of thiocarbonyl (C=S) groups is 1. The highest BCUT2D eigenvalue weighted by atomic mass is 32.1. The second-order valence-corrected chi connectivity index (χ2v) is 5.42. The molecule has 6 heteroatoms. The van der Waals surface area contributed by atoms with Crippen LogP contribution in [0.25, 0.3) is 0 Å². The van der Waals surface area contributed by atoms with Crippen molar-refractivity contribution >= 4 is 23.0 Å². The standard InChI is InChI=1S/C15H22N2O3S/c1-10(12-5-4-8-20-12)16-15(21)17-11-6-7-13(18-2)14(9-11)19-3/h6-7,9-10,12H,4-5,8H2,1-3H3,(H2,16,17,21). The van der Waals surface area contributed by atoms with Gasteiger partial charge in [-0.05, 0) is 44.1 Å². The lowest BCUT2D eigenvalue weighted by Crippen LogP contribution is -2.42. The topological polar surface area (TPSA) is 51.8 Å². The van der Waals surface area contributed by atoms with Crippen molar-refractivity contribution in [3.8, 4) is 11.5 Å². The summed E-state index contributed by atoms with van der Waals surface area (Å²) in [6.45, 7) is 2.92. The van der Waals surface area contributed by atoms with Crippen molar-refractivity contribution < 1.29 is 14.2 Å². The van der Waals surface area contributed by atoms with E-state index >= 15 is 0 Å². The van der Waals surface area contributed by atoms with Crippen LogP contribution in [0.15, 0.2) is 18.2 Å². The highest BCUT2D eigenvalue weighted by Crippen LogP contribution is 2.29. The van der Waals surface area contributed by atoms with Gasteiger partial charge in [-0.2, -0.15) is 0 Å². The number of nitrogens with one attached hydrogen (secondary N) is 2. The third-order valence-electron chi connectivity index (χ3n) is 3.52. The maximum Gasteiger partial charge on any atom is 0.171 e. The molecule has 2 unspecified atom stereocenters. The van der Waals surface area contributed by atoms with E-state index in [0.29, 0.717) is 16.6 Å². The van der Waals surface area contributed by atoms with Crippen LogP contribution < -0.4 is 20.1 Å². The van der Waals surface area contributed by atoms with Gasteiger partial charge in [0.2, 0.25) is 0 Å². The molecule has 1 aromatic carbocycles. The van der Waals surface area contributed by atoms with Gasteiger partial charge in [-0.1, -0.05) is 0 Å². The second-order valence-electron chi connectivity index (χ2n) is 5.01. The van der Waals surface area contributed by atoms with E-state index in [4.69, 9.17) is 26.4 Å². The number of ether oxygens (including phenoxy) is 3. The highest BCUT2D eigenvalue weighted by molar-refractivity contribution is 7.80. The average molecular weight is 310 g/mol. The number of benzene rings is 1. The van der Waals surface area contributed by atoms with Gasteiger partial charge < -0.3 is 24.8 Å². The van der Waals surface area contributed by atoms with E-state index in [1.807, 2.05) is 18.2 Å². The molecule has 2 N–H and O–H groups in total. The van der Waals surface area contributed by atoms with E-state index in [0.717, 1.165) is 25.1 Å². The molecule has 0 aromatic heterocycles. The van der Waals surface area contributed by atoms with Crippen molar-refractivity contribution in [1.82, 2.24) is 5.32 Å². The Labute approximate surface area is 131 Å². The normalized spacial score (nSPS) is 18.9. The smallest absolute Gasteiger partial charge is 0.171 e. The third kappa shape index (κ3) is 4.22. The zero-order valence-electron chi connectivity index (χ0n) is 12.6. The van der Waals surface area contributed by atoms with E-state index in [1.165, 1.54) is 0 Å². The van der Waals surface area contributed by atoms with Crippen LogP contribution >= 0.6 is 12.2 Å². The molecule has 0 amide bonds. The predicted octanol–water partition coefficient (Wildman–Crippen LogP) is 2.56. The van der Waals surface area contributed by atoms with Crippen molar-refractivity contribution in [2.45, 2.75) is 31.9 Å². The summed E-state index contributed by atoms with van der Waals surface area (Å²) in [5, 5.41) is 6.99. The maximum atomic E-state index is 5.65. The lowest BCUT2D eigenvalue weighted by Gasteiger charge is -2.22. The molecular formula is C15H22N2O3S. The van der Waals surface area contributed by atoms with Gasteiger partial charge in [-0.15, -0.1) is 0 Å². The molecule has 0 spiro atoms. The van der Waals surface area contributed by atoms with Crippen molar-refractivity contribution in [1.29, 1.82) is 0 Å². The molecule has 1 aliphatic heterocycles. The van der Waals surface area contributed by atoms with Crippen LogP contribution in [0.5, 0.6) is 11.5 Å². The Bertz CT molecular complexity index is 490. The van der Waals surface area contributed by atoms with E-state index in [1.54, 1.807) is 14.2 Å². The highest BCUT2D eigenvalue weighted by Gasteiger charge is 2.22.